The molecule has 1 rings (SSSR count). The van der Waals surface area contributed by atoms with E-state index in [-0.39, 0.29) is 19.8 Å². The van der Waals surface area contributed by atoms with Gasteiger partial charge in [0.05, 0.1) is 13.2 Å². The summed E-state index contributed by atoms with van der Waals surface area (Å²) >= 11 is 0. The molecule has 24 heavy (non-hydrogen) atoms. The number of rotatable bonds is 8. The summed E-state index contributed by atoms with van der Waals surface area (Å²) in [7, 11) is 1.78. The van der Waals surface area contributed by atoms with Gasteiger partial charge in [0, 0.05) is 26.2 Å². The first-order valence-corrected chi connectivity index (χ1v) is 7.81. The highest BCUT2D eigenvalue weighted by Gasteiger charge is 2.37. The fourth-order valence-corrected chi connectivity index (χ4v) is 2.20. The van der Waals surface area contributed by atoms with Gasteiger partial charge in [-0.2, -0.15) is 0 Å². The lowest BCUT2D eigenvalue weighted by Gasteiger charge is -2.27. The number of carbonyl (C=O) groups excluding carboxylic acids is 3. The number of esters is 2. The molecule has 0 unspecified atom stereocenters. The number of amides is 1. The summed E-state index contributed by atoms with van der Waals surface area (Å²) in [5.41, 5.74) is 1.63. The molecular formula is C17H24N2O5. The van der Waals surface area contributed by atoms with Crippen LogP contribution in [-0.2, 0) is 30.4 Å². The number of nitrogens with one attached hydrogen (secondary N) is 1. The van der Waals surface area contributed by atoms with E-state index in [2.05, 4.69) is 5.32 Å². The normalized spacial score (nSPS) is 10.2. The first-order chi connectivity index (χ1) is 11.4. The van der Waals surface area contributed by atoms with Gasteiger partial charge in [-0.25, -0.2) is 9.59 Å². The van der Waals surface area contributed by atoms with Crippen LogP contribution in [0.1, 0.15) is 26.3 Å². The van der Waals surface area contributed by atoms with Crippen LogP contribution in [0.4, 0.5) is 5.69 Å². The van der Waals surface area contributed by atoms with E-state index in [9.17, 15) is 14.4 Å². The second-order valence-electron chi connectivity index (χ2n) is 5.00. The molecule has 1 amide bonds. The summed E-state index contributed by atoms with van der Waals surface area (Å²) in [6.45, 7) is 4.87. The summed E-state index contributed by atoms with van der Waals surface area (Å²) in [5, 5.41) is 3.00. The Morgan fingerprint density at radius 1 is 1.12 bits per heavy atom. The fourth-order valence-electron chi connectivity index (χ4n) is 2.20. The summed E-state index contributed by atoms with van der Waals surface area (Å²) < 4.78 is 9.88. The second-order valence-corrected chi connectivity index (χ2v) is 5.00. The van der Waals surface area contributed by atoms with E-state index in [1.54, 1.807) is 20.9 Å². The average Bonchev–Trinajstić information content (AvgIpc) is 2.54. The lowest BCUT2D eigenvalue weighted by Crippen LogP contribution is -2.50. The Balaban J connectivity index is 3.12. The maximum atomic E-state index is 12.2. The Bertz CT molecular complexity index is 570. The average molecular weight is 336 g/mol. The molecule has 0 saturated heterocycles. The molecule has 0 aliphatic carbocycles. The summed E-state index contributed by atoms with van der Waals surface area (Å²) in [5.74, 6) is -2.01. The van der Waals surface area contributed by atoms with Gasteiger partial charge in [-0.05, 0) is 31.5 Å². The molecule has 0 saturated carbocycles. The Hall–Kier alpha value is -2.57. The Morgan fingerprint density at radius 3 is 2.17 bits per heavy atom. The van der Waals surface area contributed by atoms with Crippen molar-refractivity contribution < 1.29 is 23.9 Å². The Labute approximate surface area is 141 Å². The highest BCUT2D eigenvalue weighted by Crippen LogP contribution is 2.15. The number of benzene rings is 1. The molecule has 7 nitrogen and oxygen atoms in total. The maximum absolute atomic E-state index is 12.2. The van der Waals surface area contributed by atoms with E-state index in [4.69, 9.17) is 9.47 Å². The van der Waals surface area contributed by atoms with Crippen LogP contribution in [0.3, 0.4) is 0 Å². The predicted molar refractivity (Wildman–Crippen MR) is 89.3 cm³/mol. The van der Waals surface area contributed by atoms with E-state index in [0.717, 1.165) is 16.2 Å². The zero-order valence-electron chi connectivity index (χ0n) is 14.5. The van der Waals surface area contributed by atoms with Crippen molar-refractivity contribution in [2.45, 2.75) is 33.4 Å². The van der Waals surface area contributed by atoms with E-state index in [1.165, 1.54) is 6.92 Å². The smallest absolute Gasteiger partial charge is 0.340 e. The van der Waals surface area contributed by atoms with Crippen LogP contribution in [0, 0.1) is 0 Å². The van der Waals surface area contributed by atoms with Crippen LogP contribution in [0.15, 0.2) is 24.3 Å². The van der Waals surface area contributed by atoms with Crippen LogP contribution < -0.4 is 5.32 Å². The first-order valence-electron chi connectivity index (χ1n) is 7.81. The topological polar surface area (TPSA) is 84.9 Å². The second kappa shape index (κ2) is 9.54. The standard InChI is InChI=1S/C17H24N2O5/c1-5-23-16(21)15(17(22)24-6-2)19(12(3)20)11-13-8-7-9-14(10-13)18-4/h7-10,15,18H,5-6,11H2,1-4H3. The molecule has 1 aromatic rings. The minimum absolute atomic E-state index is 0.0904. The summed E-state index contributed by atoms with van der Waals surface area (Å²) in [4.78, 5) is 37.6. The highest BCUT2D eigenvalue weighted by molar-refractivity contribution is 6.02. The third kappa shape index (κ3) is 5.26. The van der Waals surface area contributed by atoms with Crippen molar-refractivity contribution in [2.75, 3.05) is 25.6 Å². The minimum Gasteiger partial charge on any atom is -0.464 e. The lowest BCUT2D eigenvalue weighted by molar-refractivity contribution is -0.167. The molecule has 0 fully saturated rings. The van der Waals surface area contributed by atoms with Gasteiger partial charge in [0.1, 0.15) is 0 Å². The molecule has 0 aliphatic rings. The maximum Gasteiger partial charge on any atom is 0.340 e. The molecule has 0 atom stereocenters. The van der Waals surface area contributed by atoms with Crippen molar-refractivity contribution in [2.24, 2.45) is 0 Å². The SMILES string of the molecule is CCOC(=O)C(C(=O)OCC)N(Cc1cccc(NC)c1)C(C)=O. The summed E-state index contributed by atoms with van der Waals surface area (Å²) in [6, 6.07) is 5.92. The first kappa shape index (κ1) is 19.5. The van der Waals surface area contributed by atoms with Crippen LogP contribution in [0.2, 0.25) is 0 Å². The van der Waals surface area contributed by atoms with Crippen LogP contribution in [0.5, 0.6) is 0 Å². The zero-order valence-corrected chi connectivity index (χ0v) is 14.5. The van der Waals surface area contributed by atoms with Crippen molar-refractivity contribution in [1.82, 2.24) is 4.90 Å². The van der Waals surface area contributed by atoms with Gasteiger partial charge in [-0.3, -0.25) is 4.79 Å². The van der Waals surface area contributed by atoms with E-state index in [1.807, 2.05) is 24.3 Å². The molecule has 0 aromatic heterocycles. The summed E-state index contributed by atoms with van der Waals surface area (Å²) in [6.07, 6.45) is 0. The molecule has 0 heterocycles. The van der Waals surface area contributed by atoms with Crippen LogP contribution in [-0.4, -0.2) is 49.0 Å². The lowest BCUT2D eigenvalue weighted by atomic mass is 10.1. The van der Waals surface area contributed by atoms with Crippen molar-refractivity contribution in [1.29, 1.82) is 0 Å². The monoisotopic (exact) mass is 336 g/mol. The van der Waals surface area contributed by atoms with Crippen molar-refractivity contribution in [3.05, 3.63) is 29.8 Å². The van der Waals surface area contributed by atoms with E-state index < -0.39 is 23.9 Å². The fraction of sp³-hybridized carbons (Fsp3) is 0.471. The minimum atomic E-state index is -1.42. The molecule has 0 bridgehead atoms. The van der Waals surface area contributed by atoms with Gasteiger partial charge in [0.25, 0.3) is 0 Å². The van der Waals surface area contributed by atoms with Gasteiger partial charge < -0.3 is 19.7 Å². The molecule has 0 spiro atoms. The third-order valence-corrected chi connectivity index (χ3v) is 3.30. The van der Waals surface area contributed by atoms with Gasteiger partial charge >= 0.3 is 11.9 Å². The number of hydrogen-bond donors (Lipinski definition) is 1. The molecule has 1 aromatic carbocycles. The molecule has 7 heteroatoms. The van der Waals surface area contributed by atoms with Gasteiger partial charge in [0.2, 0.25) is 11.9 Å². The van der Waals surface area contributed by atoms with E-state index >= 15 is 0 Å². The van der Waals surface area contributed by atoms with Gasteiger partial charge in [0.15, 0.2) is 0 Å². The molecule has 0 radical (unpaired) electrons. The molecular weight excluding hydrogens is 312 g/mol. The number of nitrogens with zero attached hydrogens (tertiary/aromatic N) is 1. The highest BCUT2D eigenvalue weighted by atomic mass is 16.6. The number of ether oxygens (including phenoxy) is 2. The number of anilines is 1. The van der Waals surface area contributed by atoms with Gasteiger partial charge in [-0.15, -0.1) is 0 Å². The Kier molecular flexibility index (Phi) is 7.74. The van der Waals surface area contributed by atoms with Crippen LogP contribution >= 0.6 is 0 Å². The molecule has 132 valence electrons. The van der Waals surface area contributed by atoms with Crippen molar-refractivity contribution >= 4 is 23.5 Å². The third-order valence-electron chi connectivity index (χ3n) is 3.30. The van der Waals surface area contributed by atoms with Gasteiger partial charge in [-0.1, -0.05) is 12.1 Å². The Morgan fingerprint density at radius 2 is 1.71 bits per heavy atom. The number of carbonyl (C=O) groups is 3. The van der Waals surface area contributed by atoms with E-state index in [0.29, 0.717) is 0 Å². The molecule has 0 aliphatic heterocycles. The largest absolute Gasteiger partial charge is 0.464 e. The number of hydrogen-bond acceptors (Lipinski definition) is 6. The predicted octanol–water partition coefficient (Wildman–Crippen LogP) is 1.57. The van der Waals surface area contributed by atoms with Crippen molar-refractivity contribution in [3.63, 3.8) is 0 Å². The molecule has 1 N–H and O–H groups in total. The quantitative estimate of drug-likeness (QED) is 0.573. The zero-order chi connectivity index (χ0) is 18.1. The van der Waals surface area contributed by atoms with Crippen molar-refractivity contribution in [3.8, 4) is 0 Å². The van der Waals surface area contributed by atoms with Crippen LogP contribution in [0.25, 0.3) is 0 Å².